The van der Waals surface area contributed by atoms with E-state index in [4.69, 9.17) is 37.9 Å². The number of hydrogen-bond acceptors (Lipinski definition) is 22. The fourth-order valence-electron chi connectivity index (χ4n) is 16.3. The second kappa shape index (κ2) is 21.0. The minimum Gasteiger partial charge on any atom is -0.479 e. The molecule has 4 aliphatic heterocycles. The van der Waals surface area contributed by atoms with Gasteiger partial charge in [0, 0.05) is 0 Å². The first-order chi connectivity index (χ1) is 35.5. The van der Waals surface area contributed by atoms with Crippen molar-refractivity contribution in [3.63, 3.8) is 0 Å². The van der Waals surface area contributed by atoms with Crippen LogP contribution >= 0.6 is 0 Å². The first-order valence-corrected chi connectivity index (χ1v) is 27.2. The summed E-state index contributed by atoms with van der Waals surface area (Å²) in [5, 5.41) is 138. The molecular weight excluding hydrogens is 1000 g/mol. The van der Waals surface area contributed by atoms with Crippen molar-refractivity contribution < 1.29 is 114 Å². The van der Waals surface area contributed by atoms with E-state index in [9.17, 15) is 76.0 Å². The molecule has 0 amide bonds. The number of carboxylic acids is 1. The molecule has 4 saturated carbocycles. The number of esters is 1. The van der Waals surface area contributed by atoms with Gasteiger partial charge < -0.3 is 104 Å². The molecular formula is C53H84O23. The number of aliphatic hydroxyl groups is 12. The lowest BCUT2D eigenvalue weighted by Gasteiger charge is -2.71. The van der Waals surface area contributed by atoms with Gasteiger partial charge in [0.1, 0.15) is 85.5 Å². The monoisotopic (exact) mass is 1090 g/mol. The number of rotatable bonds is 12. The lowest BCUT2D eigenvalue weighted by Crippen LogP contribution is -2.68. The number of carboxylic acid groups (broad SMARTS) is 1. The number of carbonyl (C=O) groups is 2. The van der Waals surface area contributed by atoms with Gasteiger partial charge in [-0.25, -0.2) is 4.79 Å². The van der Waals surface area contributed by atoms with Gasteiger partial charge in [0.25, 0.3) is 0 Å². The maximum atomic E-state index is 14.8. The lowest BCUT2D eigenvalue weighted by molar-refractivity contribution is -0.383. The fourth-order valence-corrected chi connectivity index (χ4v) is 16.3. The van der Waals surface area contributed by atoms with Crippen LogP contribution in [0.2, 0.25) is 0 Å². The van der Waals surface area contributed by atoms with E-state index in [-0.39, 0.29) is 39.4 Å². The average molecular weight is 1090 g/mol. The summed E-state index contributed by atoms with van der Waals surface area (Å²) in [7, 11) is 0. The van der Waals surface area contributed by atoms with Gasteiger partial charge in [-0.2, -0.15) is 0 Å². The van der Waals surface area contributed by atoms with E-state index in [1.165, 1.54) is 5.57 Å². The van der Waals surface area contributed by atoms with Crippen LogP contribution in [0.1, 0.15) is 113 Å². The molecule has 0 aromatic carbocycles. The van der Waals surface area contributed by atoms with Gasteiger partial charge in [-0.1, -0.05) is 60.1 Å². The van der Waals surface area contributed by atoms with Crippen molar-refractivity contribution in [3.8, 4) is 0 Å². The van der Waals surface area contributed by atoms with Crippen LogP contribution in [0.15, 0.2) is 11.6 Å². The molecule has 9 rings (SSSR count). The van der Waals surface area contributed by atoms with Crippen LogP contribution in [0.5, 0.6) is 0 Å². The summed E-state index contributed by atoms with van der Waals surface area (Å²) in [6, 6.07) is 0. The number of aliphatic carboxylic acids is 1. The number of allylic oxidation sites excluding steroid dienone is 2. The quantitative estimate of drug-likeness (QED) is 0.0613. The molecule has 4 saturated heterocycles. The summed E-state index contributed by atoms with van der Waals surface area (Å²) in [6.45, 7) is 13.5. The molecule has 4 heterocycles. The van der Waals surface area contributed by atoms with Gasteiger partial charge in [-0.05, 0) is 109 Å². The topological polar surface area (TPSA) is 371 Å². The molecule has 0 aromatic rings. The predicted octanol–water partition coefficient (Wildman–Crippen LogP) is -1.30. The number of hydrogen-bond donors (Lipinski definition) is 13. The number of ether oxygens (including phenoxy) is 8. The van der Waals surface area contributed by atoms with Crippen LogP contribution in [0.4, 0.5) is 0 Å². The van der Waals surface area contributed by atoms with Crippen LogP contribution in [0, 0.1) is 50.2 Å². The van der Waals surface area contributed by atoms with E-state index < -0.39 is 165 Å². The zero-order valence-corrected chi connectivity index (χ0v) is 44.4. The summed E-state index contributed by atoms with van der Waals surface area (Å²) in [5.41, 5.74) is -1.40. The maximum absolute atomic E-state index is 14.8. The van der Waals surface area contributed by atoms with Crippen molar-refractivity contribution in [2.45, 2.75) is 235 Å². The van der Waals surface area contributed by atoms with Gasteiger partial charge >= 0.3 is 11.9 Å². The van der Waals surface area contributed by atoms with Crippen LogP contribution in [-0.2, 0) is 47.5 Å². The van der Waals surface area contributed by atoms with E-state index >= 15 is 0 Å². The van der Waals surface area contributed by atoms with Crippen molar-refractivity contribution in [3.05, 3.63) is 11.6 Å². The third-order valence-corrected chi connectivity index (χ3v) is 21.0. The van der Waals surface area contributed by atoms with E-state index in [0.29, 0.717) is 38.5 Å². The molecule has 0 spiro atoms. The number of aliphatic hydroxyl groups excluding tert-OH is 12. The van der Waals surface area contributed by atoms with Crippen LogP contribution in [-0.4, -0.2) is 221 Å². The Labute approximate surface area is 442 Å². The lowest BCUT2D eigenvalue weighted by atomic mass is 9.33. The molecule has 27 atom stereocenters. The molecule has 27 unspecified atom stereocenters. The molecule has 76 heavy (non-hydrogen) atoms. The maximum Gasteiger partial charge on any atom is 0.335 e. The second-order valence-corrected chi connectivity index (χ2v) is 25.8. The highest BCUT2D eigenvalue weighted by molar-refractivity contribution is 5.79. The van der Waals surface area contributed by atoms with Crippen molar-refractivity contribution in [2.24, 2.45) is 50.2 Å². The van der Waals surface area contributed by atoms with E-state index in [1.807, 2.05) is 0 Å². The van der Waals surface area contributed by atoms with Gasteiger partial charge in [0.05, 0.1) is 31.3 Å². The SMILES string of the molecule is CC1(C)CCC2(C(=O)OC3OC(CO)C(O)C(O)C3O)CCC3(C)C(=CCC4C5(C)CCC(OC6OC(C(=O)O)C(OC7OC(CO)C(O)C7O)C(O)C6OC6OC(CO)C(O)C(O)C6O)C(C)(C)C5CCC43C)C2C1. The zero-order valence-electron chi connectivity index (χ0n) is 44.4. The number of carbonyl (C=O) groups excluding carboxylic acids is 1. The Morgan fingerprint density at radius 3 is 1.67 bits per heavy atom. The normalized spacial score (nSPS) is 52.8. The van der Waals surface area contributed by atoms with Crippen LogP contribution < -0.4 is 0 Å². The summed E-state index contributed by atoms with van der Waals surface area (Å²) < 4.78 is 47.8. The van der Waals surface area contributed by atoms with Crippen LogP contribution in [0.3, 0.4) is 0 Å². The minimum absolute atomic E-state index is 0.0109. The standard InChI is InChI=1S/C53H84O23/c1-48(2)14-16-53(47(68)76-45-37(64)34(61)31(58)25(20-55)71-45)17-15-51(6)22(23(53)18-48)8-9-28-50(5)12-11-29(49(3,4)27(50)10-13-52(28,51)7)72-46-40(74-44-36(63)33(60)30(57)24(19-54)69-44)38(65)39(41(75-46)42(66)67)73-43-35(62)32(59)26(21-56)70-43/h8,23-41,43-46,54-65H,9-21H2,1-7H3,(H,66,67). The second-order valence-electron chi connectivity index (χ2n) is 25.8. The largest absolute Gasteiger partial charge is 0.479 e. The first-order valence-electron chi connectivity index (χ1n) is 27.2. The Morgan fingerprint density at radius 1 is 0.566 bits per heavy atom. The van der Waals surface area contributed by atoms with Crippen LogP contribution in [0.25, 0.3) is 0 Å². The zero-order chi connectivity index (χ0) is 55.6. The summed E-state index contributed by atoms with van der Waals surface area (Å²) in [4.78, 5) is 27.8. The summed E-state index contributed by atoms with van der Waals surface area (Å²) in [5.74, 6) is -2.19. The van der Waals surface area contributed by atoms with Gasteiger partial charge in [-0.3, -0.25) is 4.79 Å². The number of fused-ring (bicyclic) bond motifs is 7. The summed E-state index contributed by atoms with van der Waals surface area (Å²) in [6.07, 6.45) is -24.4. The van der Waals surface area contributed by atoms with E-state index in [0.717, 1.165) is 25.7 Å². The molecule has 8 fully saturated rings. The van der Waals surface area contributed by atoms with Gasteiger partial charge in [-0.15, -0.1) is 0 Å². The third-order valence-electron chi connectivity index (χ3n) is 21.0. The van der Waals surface area contributed by atoms with Gasteiger partial charge in [0.15, 0.2) is 25.0 Å². The highest BCUT2D eigenvalue weighted by Crippen LogP contribution is 2.76. The molecule has 434 valence electrons. The Balaban J connectivity index is 0.983. The average Bonchev–Trinajstić information content (AvgIpc) is 3.64. The van der Waals surface area contributed by atoms with Crippen molar-refractivity contribution in [2.75, 3.05) is 19.8 Å². The highest BCUT2D eigenvalue weighted by Gasteiger charge is 2.70. The molecule has 13 N–H and O–H groups in total. The van der Waals surface area contributed by atoms with Crippen molar-refractivity contribution in [1.29, 1.82) is 0 Å². The Morgan fingerprint density at radius 2 is 1.09 bits per heavy atom. The van der Waals surface area contributed by atoms with Crippen molar-refractivity contribution >= 4 is 11.9 Å². The fraction of sp³-hybridized carbons (Fsp3) is 0.925. The third kappa shape index (κ3) is 9.33. The smallest absolute Gasteiger partial charge is 0.335 e. The molecule has 5 aliphatic carbocycles. The predicted molar refractivity (Wildman–Crippen MR) is 257 cm³/mol. The molecule has 0 aromatic heterocycles. The van der Waals surface area contributed by atoms with Gasteiger partial charge in [0.2, 0.25) is 6.29 Å². The van der Waals surface area contributed by atoms with Crippen molar-refractivity contribution in [1.82, 2.24) is 0 Å². The van der Waals surface area contributed by atoms with E-state index in [2.05, 4.69) is 54.5 Å². The Kier molecular flexibility index (Phi) is 16.2. The van der Waals surface area contributed by atoms with E-state index in [1.54, 1.807) is 0 Å². The Hall–Kier alpha value is -2.08. The summed E-state index contributed by atoms with van der Waals surface area (Å²) >= 11 is 0. The minimum atomic E-state index is -2.02. The molecule has 23 heteroatoms. The molecule has 0 bridgehead atoms. The highest BCUT2D eigenvalue weighted by atomic mass is 16.8. The first kappa shape index (κ1) is 58.6. The molecule has 9 aliphatic rings. The Bertz CT molecular complexity index is 2140. The molecule has 0 radical (unpaired) electrons. The molecule has 23 nitrogen and oxygen atoms in total.